The summed E-state index contributed by atoms with van der Waals surface area (Å²) in [5.74, 6) is 0.117. The maximum atomic E-state index is 12.1. The van der Waals surface area contributed by atoms with Crippen molar-refractivity contribution >= 4 is 40.3 Å². The Kier molecular flexibility index (Phi) is 6.32. The molecule has 27 heavy (non-hydrogen) atoms. The summed E-state index contributed by atoms with van der Waals surface area (Å²) >= 11 is 1.33. The van der Waals surface area contributed by atoms with Crippen molar-refractivity contribution in [3.8, 4) is 0 Å². The molecule has 0 bridgehead atoms. The van der Waals surface area contributed by atoms with Crippen molar-refractivity contribution in [1.82, 2.24) is 4.98 Å². The van der Waals surface area contributed by atoms with Gasteiger partial charge in [0.15, 0.2) is 0 Å². The molecule has 0 radical (unpaired) electrons. The van der Waals surface area contributed by atoms with Gasteiger partial charge in [-0.05, 0) is 38.3 Å². The number of nitro groups is 1. The van der Waals surface area contributed by atoms with Crippen LogP contribution in [0.4, 0.5) is 15.5 Å². The first-order valence-electron chi connectivity index (χ1n) is 8.48. The van der Waals surface area contributed by atoms with Crippen LogP contribution in [0.2, 0.25) is 0 Å². The molecule has 8 heteroatoms. The van der Waals surface area contributed by atoms with Crippen LogP contribution < -0.4 is 5.32 Å². The zero-order valence-corrected chi connectivity index (χ0v) is 16.8. The van der Waals surface area contributed by atoms with Gasteiger partial charge in [0.25, 0.3) is 5.69 Å². The second-order valence-electron chi connectivity index (χ2n) is 7.23. The van der Waals surface area contributed by atoms with Gasteiger partial charge in [-0.3, -0.25) is 15.4 Å². The molecule has 0 saturated heterocycles. The van der Waals surface area contributed by atoms with Gasteiger partial charge in [-0.2, -0.15) is 0 Å². The molecule has 0 aliphatic rings. The minimum Gasteiger partial charge on any atom is -0.444 e. The van der Waals surface area contributed by atoms with Crippen molar-refractivity contribution in [1.29, 1.82) is 0 Å². The van der Waals surface area contributed by atoms with Gasteiger partial charge in [0.2, 0.25) is 0 Å². The number of non-ortho nitro benzene ring substituents is 1. The van der Waals surface area contributed by atoms with Crippen molar-refractivity contribution in [2.75, 3.05) is 5.32 Å². The molecule has 0 unspecified atom stereocenters. The van der Waals surface area contributed by atoms with E-state index in [4.69, 9.17) is 4.74 Å². The predicted molar refractivity (Wildman–Crippen MR) is 108 cm³/mol. The molecular formula is C19H23N3O4S. The van der Waals surface area contributed by atoms with E-state index >= 15 is 0 Å². The predicted octanol–water partition coefficient (Wildman–Crippen LogP) is 5.69. The van der Waals surface area contributed by atoms with E-state index in [0.29, 0.717) is 15.6 Å². The Morgan fingerprint density at radius 3 is 2.63 bits per heavy atom. The van der Waals surface area contributed by atoms with Crippen LogP contribution in [0.3, 0.4) is 0 Å². The fourth-order valence-electron chi connectivity index (χ4n) is 2.21. The third-order valence-corrected chi connectivity index (χ3v) is 4.28. The summed E-state index contributed by atoms with van der Waals surface area (Å²) < 4.78 is 5.30. The summed E-state index contributed by atoms with van der Waals surface area (Å²) in [5, 5.41) is 15.0. The third kappa shape index (κ3) is 6.18. The molecule has 2 aromatic rings. The number of hydrogen-bond acceptors (Lipinski definition) is 6. The van der Waals surface area contributed by atoms with E-state index in [1.165, 1.54) is 23.5 Å². The highest BCUT2D eigenvalue weighted by atomic mass is 32.1. The summed E-state index contributed by atoms with van der Waals surface area (Å²) in [6.07, 6.45) is 3.01. The molecule has 0 atom stereocenters. The summed E-state index contributed by atoms with van der Waals surface area (Å²) in [7, 11) is 0. The van der Waals surface area contributed by atoms with Crippen molar-refractivity contribution in [2.24, 2.45) is 0 Å². The van der Waals surface area contributed by atoms with Gasteiger partial charge in [0, 0.05) is 12.1 Å². The number of nitrogens with zero attached hydrogens (tertiary/aromatic N) is 2. The first-order chi connectivity index (χ1) is 12.5. The minimum absolute atomic E-state index is 0.0337. The van der Waals surface area contributed by atoms with Crippen LogP contribution in [0.1, 0.15) is 56.8 Å². The lowest BCUT2D eigenvalue weighted by molar-refractivity contribution is -0.384. The molecule has 1 aromatic heterocycles. The molecule has 2 rings (SSSR count). The number of thiazole rings is 1. The van der Waals surface area contributed by atoms with Crippen LogP contribution in [0.15, 0.2) is 24.3 Å². The number of nitro benzene ring substituents is 1. The van der Waals surface area contributed by atoms with Gasteiger partial charge in [-0.15, -0.1) is 0 Å². The molecule has 0 saturated carbocycles. The van der Waals surface area contributed by atoms with Crippen LogP contribution in [-0.4, -0.2) is 21.6 Å². The number of rotatable bonds is 5. The van der Waals surface area contributed by atoms with Gasteiger partial charge in [0.05, 0.1) is 10.6 Å². The summed E-state index contributed by atoms with van der Waals surface area (Å²) in [4.78, 5) is 27.1. The maximum Gasteiger partial charge on any atom is 0.412 e. The zero-order chi connectivity index (χ0) is 20.2. The summed E-state index contributed by atoms with van der Waals surface area (Å²) in [6, 6.07) is 6.35. The Hall–Kier alpha value is -2.74. The quantitative estimate of drug-likeness (QED) is 0.523. The molecule has 0 spiro atoms. The van der Waals surface area contributed by atoms with E-state index in [0.717, 1.165) is 5.69 Å². The monoisotopic (exact) mass is 389 g/mol. The van der Waals surface area contributed by atoms with E-state index in [1.54, 1.807) is 45.1 Å². The lowest BCUT2D eigenvalue weighted by Crippen LogP contribution is -2.27. The second kappa shape index (κ2) is 8.30. The smallest absolute Gasteiger partial charge is 0.412 e. The number of carbonyl (C=O) groups is 1. The van der Waals surface area contributed by atoms with Crippen LogP contribution in [0.25, 0.3) is 12.2 Å². The Labute approximate surface area is 162 Å². The molecule has 1 heterocycles. The van der Waals surface area contributed by atoms with E-state index in [1.807, 2.05) is 13.8 Å². The number of benzene rings is 1. The number of amides is 1. The van der Waals surface area contributed by atoms with Crippen molar-refractivity contribution in [3.05, 3.63) is 50.6 Å². The Bertz CT molecular complexity index is 866. The second-order valence-corrected chi connectivity index (χ2v) is 8.26. The van der Waals surface area contributed by atoms with Crippen LogP contribution in [0, 0.1) is 10.1 Å². The SMILES string of the molecule is CC(C)c1nc(/C=C/c2cccc([N+](=O)[O-])c2)sc1NC(=O)OC(C)(C)C. The number of aromatic nitrogens is 1. The first kappa shape index (κ1) is 20.6. The van der Waals surface area contributed by atoms with E-state index in [2.05, 4.69) is 10.3 Å². The Balaban J connectivity index is 2.22. The number of ether oxygens (including phenoxy) is 1. The maximum absolute atomic E-state index is 12.1. The molecule has 1 amide bonds. The van der Waals surface area contributed by atoms with Crippen LogP contribution in [0.5, 0.6) is 0 Å². The fraction of sp³-hybridized carbons (Fsp3) is 0.368. The largest absolute Gasteiger partial charge is 0.444 e. The first-order valence-corrected chi connectivity index (χ1v) is 9.30. The average Bonchev–Trinajstić information content (AvgIpc) is 2.94. The standard InChI is InChI=1S/C19H23N3O4S/c1-12(2)16-17(21-18(23)26-19(3,4)5)27-15(20-16)10-9-13-7-6-8-14(11-13)22(24)25/h6-12H,1-5H3,(H,21,23)/b10-9+. The molecule has 1 N–H and O–H groups in total. The molecule has 7 nitrogen and oxygen atoms in total. The van der Waals surface area contributed by atoms with E-state index < -0.39 is 16.6 Å². The number of carbonyl (C=O) groups excluding carboxylic acids is 1. The average molecular weight is 389 g/mol. The fourth-order valence-corrected chi connectivity index (χ4v) is 3.22. The lowest BCUT2D eigenvalue weighted by atomic mass is 10.1. The van der Waals surface area contributed by atoms with Gasteiger partial charge in [-0.1, -0.05) is 43.4 Å². The highest BCUT2D eigenvalue weighted by molar-refractivity contribution is 7.16. The van der Waals surface area contributed by atoms with E-state index in [-0.39, 0.29) is 11.6 Å². The van der Waals surface area contributed by atoms with Gasteiger partial charge in [-0.25, -0.2) is 9.78 Å². The third-order valence-electron chi connectivity index (χ3n) is 3.33. The molecule has 0 aliphatic heterocycles. The normalized spacial score (nSPS) is 11.8. The number of hydrogen-bond donors (Lipinski definition) is 1. The highest BCUT2D eigenvalue weighted by Gasteiger charge is 2.20. The summed E-state index contributed by atoms with van der Waals surface area (Å²) in [6.45, 7) is 9.38. The molecule has 144 valence electrons. The van der Waals surface area contributed by atoms with Crippen molar-refractivity contribution in [3.63, 3.8) is 0 Å². The minimum atomic E-state index is -0.586. The van der Waals surface area contributed by atoms with Gasteiger partial charge in [0.1, 0.15) is 15.6 Å². The molecular weight excluding hydrogens is 366 g/mol. The molecule has 1 aromatic carbocycles. The molecule has 0 aliphatic carbocycles. The van der Waals surface area contributed by atoms with Crippen LogP contribution >= 0.6 is 11.3 Å². The lowest BCUT2D eigenvalue weighted by Gasteiger charge is -2.19. The zero-order valence-electron chi connectivity index (χ0n) is 16.0. The Morgan fingerprint density at radius 1 is 1.33 bits per heavy atom. The number of anilines is 1. The Morgan fingerprint density at radius 2 is 2.04 bits per heavy atom. The van der Waals surface area contributed by atoms with E-state index in [9.17, 15) is 14.9 Å². The van der Waals surface area contributed by atoms with Crippen LogP contribution in [-0.2, 0) is 4.74 Å². The topological polar surface area (TPSA) is 94.4 Å². The number of nitrogens with one attached hydrogen (secondary N) is 1. The summed E-state index contributed by atoms with van der Waals surface area (Å²) in [5.41, 5.74) is 0.917. The van der Waals surface area contributed by atoms with Gasteiger partial charge >= 0.3 is 6.09 Å². The van der Waals surface area contributed by atoms with Crippen molar-refractivity contribution in [2.45, 2.75) is 46.1 Å². The van der Waals surface area contributed by atoms with Crippen molar-refractivity contribution < 1.29 is 14.5 Å². The molecule has 0 fully saturated rings. The van der Waals surface area contributed by atoms with Gasteiger partial charge < -0.3 is 4.74 Å². The highest BCUT2D eigenvalue weighted by Crippen LogP contribution is 2.32.